The number of halogens is 5. The number of benzene rings is 3. The highest BCUT2D eigenvalue weighted by Gasteiger charge is 2.35. The first kappa shape index (κ1) is 35.1. The maximum absolute atomic E-state index is 13.3. The third-order valence-corrected chi connectivity index (χ3v) is 9.36. The molecule has 0 unspecified atom stereocenters. The Balaban J connectivity index is 1.47. The van der Waals surface area contributed by atoms with Gasteiger partial charge in [-0.2, -0.15) is 22.0 Å². The molecule has 0 spiro atoms. The zero-order chi connectivity index (χ0) is 33.6. The van der Waals surface area contributed by atoms with E-state index in [2.05, 4.69) is 10.1 Å². The summed E-state index contributed by atoms with van der Waals surface area (Å²) in [5.41, 5.74) is 0.880. The second-order valence-electron chi connectivity index (χ2n) is 11.2. The minimum absolute atomic E-state index is 0.0234. The van der Waals surface area contributed by atoms with Crippen LogP contribution in [-0.4, -0.2) is 77.5 Å². The summed E-state index contributed by atoms with van der Waals surface area (Å²) in [5, 5.41) is 2.99. The van der Waals surface area contributed by atoms with Crippen LogP contribution in [0.1, 0.15) is 40.9 Å². The molecule has 8 nitrogen and oxygen atoms in total. The van der Waals surface area contributed by atoms with Crippen molar-refractivity contribution < 1.29 is 44.6 Å². The normalized spacial score (nSPS) is 17.8. The molecule has 1 heterocycles. The van der Waals surface area contributed by atoms with Gasteiger partial charge >= 0.3 is 12.8 Å². The van der Waals surface area contributed by atoms with E-state index in [-0.39, 0.29) is 41.9 Å². The zero-order valence-electron chi connectivity index (χ0n) is 25.5. The third kappa shape index (κ3) is 9.17. The van der Waals surface area contributed by atoms with Gasteiger partial charge in [0, 0.05) is 24.2 Å². The molecule has 1 aliphatic rings. The van der Waals surface area contributed by atoms with Gasteiger partial charge in [-0.05, 0) is 80.3 Å². The van der Waals surface area contributed by atoms with Crippen molar-refractivity contribution in [2.75, 3.05) is 44.4 Å². The number of nitrogens with one attached hydrogen (secondary N) is 1. The molecule has 0 aliphatic carbocycles. The van der Waals surface area contributed by atoms with E-state index < -0.39 is 46.4 Å². The largest absolute Gasteiger partial charge is 0.489 e. The Kier molecular flexibility index (Phi) is 11.3. The molecule has 4 rings (SSSR count). The van der Waals surface area contributed by atoms with Gasteiger partial charge in [-0.15, -0.1) is 0 Å². The monoisotopic (exact) mass is 669 g/mol. The lowest BCUT2D eigenvalue weighted by Gasteiger charge is -2.26. The van der Waals surface area contributed by atoms with Gasteiger partial charge in [-0.25, -0.2) is 8.42 Å². The topological polar surface area (TPSA) is 88.2 Å². The quantitative estimate of drug-likeness (QED) is 0.231. The minimum Gasteiger partial charge on any atom is -0.489 e. The molecule has 3 aromatic rings. The summed E-state index contributed by atoms with van der Waals surface area (Å²) >= 11 is 0. The molecular weight excluding hydrogens is 633 g/mol. The first-order valence-electron chi connectivity index (χ1n) is 14.5. The number of ether oxygens (including phenoxy) is 2. The van der Waals surface area contributed by atoms with Crippen molar-refractivity contribution in [1.29, 1.82) is 0 Å². The molecule has 0 radical (unpaired) electrons. The smallest absolute Gasteiger partial charge is 0.416 e. The van der Waals surface area contributed by atoms with Crippen LogP contribution in [0, 0.1) is 0 Å². The van der Waals surface area contributed by atoms with Crippen LogP contribution < -0.4 is 15.0 Å². The van der Waals surface area contributed by atoms with Crippen LogP contribution in [-0.2, 0) is 20.8 Å². The minimum atomic E-state index is -4.48. The average molecular weight is 670 g/mol. The summed E-state index contributed by atoms with van der Waals surface area (Å²) < 4.78 is 99.5. The number of alkyl halides is 5. The van der Waals surface area contributed by atoms with Gasteiger partial charge < -0.3 is 24.6 Å². The van der Waals surface area contributed by atoms with Gasteiger partial charge in [0.25, 0.3) is 5.91 Å². The van der Waals surface area contributed by atoms with Crippen LogP contribution in [0.2, 0.25) is 0 Å². The van der Waals surface area contributed by atoms with Crippen molar-refractivity contribution in [3.63, 3.8) is 0 Å². The molecule has 250 valence electrons. The molecular formula is C32H36F5N3O5S. The van der Waals surface area contributed by atoms with Crippen molar-refractivity contribution in [3.8, 4) is 5.75 Å². The van der Waals surface area contributed by atoms with Crippen LogP contribution >= 0.6 is 0 Å². The number of likely N-dealkylation sites (N-methyl/N-ethyl adjacent to an activating group) is 1. The summed E-state index contributed by atoms with van der Waals surface area (Å²) in [4.78, 5) is 17.2. The molecule has 1 amide bonds. The molecule has 1 saturated heterocycles. The maximum atomic E-state index is 13.3. The van der Waals surface area contributed by atoms with E-state index in [4.69, 9.17) is 4.74 Å². The van der Waals surface area contributed by atoms with Crippen LogP contribution in [0.3, 0.4) is 0 Å². The summed E-state index contributed by atoms with van der Waals surface area (Å²) in [5.74, 6) is -0.176. The summed E-state index contributed by atoms with van der Waals surface area (Å²) in [7, 11) is 0.329. The van der Waals surface area contributed by atoms with Gasteiger partial charge in [0.2, 0.25) is 0 Å². The van der Waals surface area contributed by atoms with Crippen LogP contribution in [0.5, 0.6) is 5.75 Å². The lowest BCUT2D eigenvalue weighted by atomic mass is 10.1. The van der Waals surface area contributed by atoms with Crippen molar-refractivity contribution in [3.05, 3.63) is 89.5 Å². The van der Waals surface area contributed by atoms with E-state index in [1.54, 1.807) is 48.2 Å². The van der Waals surface area contributed by atoms with E-state index in [1.165, 1.54) is 24.3 Å². The fraction of sp³-hybridized carbons (Fsp3) is 0.406. The molecule has 3 aromatic carbocycles. The molecule has 1 aliphatic heterocycles. The standard InChI is InChI=1S/C32H36F5N3O5S/c1-4-46(42,43)28-15-7-21(8-16-28)29(19-39(2)3)38-30(41)22-5-11-24(12-6-22)40-18-27(17-25(40)20-44-31(33)34)45-26-13-9-23(10-14-26)32(35,36)37/h5-16,25,27,29,31H,4,17-20H2,1-3H3,(H,38,41)/t25-,27-,29-/m0/s1. The highest BCUT2D eigenvalue weighted by molar-refractivity contribution is 7.91. The van der Waals surface area contributed by atoms with Crippen molar-refractivity contribution in [2.45, 2.75) is 49.2 Å². The number of anilines is 1. The molecule has 46 heavy (non-hydrogen) atoms. The predicted molar refractivity (Wildman–Crippen MR) is 163 cm³/mol. The SMILES string of the molecule is CCS(=O)(=O)c1ccc([C@H](CN(C)C)NC(=O)c2ccc(N3C[C@@H](Oc4ccc(C(F)(F)F)cc4)C[C@H]3COC(F)F)cc2)cc1. The Labute approximate surface area is 265 Å². The highest BCUT2D eigenvalue weighted by Crippen LogP contribution is 2.33. The predicted octanol–water partition coefficient (Wildman–Crippen LogP) is 5.80. The molecule has 3 atom stereocenters. The maximum Gasteiger partial charge on any atom is 0.416 e. The number of nitrogens with zero attached hydrogens (tertiary/aromatic N) is 2. The van der Waals surface area contributed by atoms with Crippen LogP contribution in [0.4, 0.5) is 27.6 Å². The van der Waals surface area contributed by atoms with Crippen molar-refractivity contribution in [2.24, 2.45) is 0 Å². The number of carbonyl (C=O) groups is 1. The van der Waals surface area contributed by atoms with E-state index in [1.807, 2.05) is 19.0 Å². The fourth-order valence-corrected chi connectivity index (χ4v) is 6.14. The van der Waals surface area contributed by atoms with E-state index in [0.717, 1.165) is 17.7 Å². The lowest BCUT2D eigenvalue weighted by Crippen LogP contribution is -2.35. The number of amides is 1. The third-order valence-electron chi connectivity index (χ3n) is 7.61. The zero-order valence-corrected chi connectivity index (χ0v) is 26.3. The number of sulfone groups is 1. The Morgan fingerprint density at radius 1 is 1.00 bits per heavy atom. The molecule has 14 heteroatoms. The summed E-state index contributed by atoms with van der Waals surface area (Å²) in [6.45, 7) is -1.02. The number of hydrogen-bond donors (Lipinski definition) is 1. The van der Waals surface area contributed by atoms with Gasteiger partial charge in [0.15, 0.2) is 9.84 Å². The summed E-state index contributed by atoms with van der Waals surface area (Å²) in [6.07, 6.45) is -4.72. The van der Waals surface area contributed by atoms with Gasteiger partial charge in [0.05, 0.1) is 41.4 Å². The Hall–Kier alpha value is -3.75. The molecule has 1 N–H and O–H groups in total. The Bertz CT molecular complexity index is 1550. The lowest BCUT2D eigenvalue weighted by molar-refractivity contribution is -0.137. The Morgan fingerprint density at radius 2 is 1.63 bits per heavy atom. The fourth-order valence-electron chi connectivity index (χ4n) is 5.25. The number of hydrogen-bond acceptors (Lipinski definition) is 7. The van der Waals surface area contributed by atoms with E-state index in [9.17, 15) is 35.2 Å². The summed E-state index contributed by atoms with van der Waals surface area (Å²) in [6, 6.07) is 16.3. The van der Waals surface area contributed by atoms with Crippen LogP contribution in [0.15, 0.2) is 77.7 Å². The second kappa shape index (κ2) is 14.8. The first-order chi connectivity index (χ1) is 21.7. The molecule has 0 bridgehead atoms. The van der Waals surface area contributed by atoms with Gasteiger partial charge in [0.1, 0.15) is 11.9 Å². The van der Waals surface area contributed by atoms with Gasteiger partial charge in [-0.1, -0.05) is 19.1 Å². The number of carbonyl (C=O) groups excluding carboxylic acids is 1. The highest BCUT2D eigenvalue weighted by atomic mass is 32.2. The van der Waals surface area contributed by atoms with Crippen molar-refractivity contribution >= 4 is 21.4 Å². The van der Waals surface area contributed by atoms with Gasteiger partial charge in [-0.3, -0.25) is 4.79 Å². The molecule has 0 saturated carbocycles. The van der Waals surface area contributed by atoms with Crippen LogP contribution in [0.25, 0.3) is 0 Å². The molecule has 1 fully saturated rings. The van der Waals surface area contributed by atoms with Crippen molar-refractivity contribution in [1.82, 2.24) is 10.2 Å². The average Bonchev–Trinajstić information content (AvgIpc) is 3.41. The van der Waals surface area contributed by atoms with E-state index >= 15 is 0 Å². The first-order valence-corrected chi connectivity index (χ1v) is 16.2. The second-order valence-corrected chi connectivity index (χ2v) is 13.5. The Morgan fingerprint density at radius 3 is 2.17 bits per heavy atom. The molecule has 0 aromatic heterocycles. The van der Waals surface area contributed by atoms with E-state index in [0.29, 0.717) is 17.8 Å². The number of rotatable bonds is 13.